The number of hydrogen-bond acceptors (Lipinski definition) is 2. The number of rotatable bonds is 1. The molecule has 0 aromatic heterocycles. The number of hydrogen-bond donors (Lipinski definition) is 2. The average Bonchev–Trinajstić information content (AvgIpc) is 2.87. The highest BCUT2D eigenvalue weighted by Gasteiger charge is 2.13. The van der Waals surface area contributed by atoms with Crippen LogP contribution >= 0.6 is 15.9 Å². The highest BCUT2D eigenvalue weighted by molar-refractivity contribution is 9.10. The largest absolute Gasteiger partial charge is 0.478 e. The number of carboxylic acids is 1. The lowest BCUT2D eigenvalue weighted by molar-refractivity contribution is 0.0692. The van der Waals surface area contributed by atoms with E-state index in [1.165, 1.54) is 25.0 Å². The Morgan fingerprint density at radius 3 is 2.40 bits per heavy atom. The lowest BCUT2D eigenvalue weighted by Gasteiger charge is -1.95. The molecule has 1 aromatic rings. The molecule has 2 rings (SSSR count). The van der Waals surface area contributed by atoms with Gasteiger partial charge in [0.05, 0.1) is 5.56 Å². The molecule has 0 spiro atoms. The van der Waals surface area contributed by atoms with Crippen molar-refractivity contribution >= 4 is 21.9 Å². The van der Waals surface area contributed by atoms with Gasteiger partial charge in [0.2, 0.25) is 0 Å². The van der Waals surface area contributed by atoms with Gasteiger partial charge in [-0.15, -0.1) is 0 Å². The fraction of sp³-hybridized carbons (Fsp3) is 0.300. The summed E-state index contributed by atoms with van der Waals surface area (Å²) in [5.74, 6) is -1.98. The van der Waals surface area contributed by atoms with E-state index in [1.807, 2.05) is 0 Å². The summed E-state index contributed by atoms with van der Waals surface area (Å²) in [6.45, 7) is 0. The molecule has 1 fully saturated rings. The standard InChI is InChI=1S/C7H4BrFO2.C3H7N/c8-4-1-2-5(7(10)11)6(9)3-4;4-3-1-2-3/h1-3H,(H,10,11);3H,1-2,4H2. The van der Waals surface area contributed by atoms with E-state index < -0.39 is 11.8 Å². The van der Waals surface area contributed by atoms with E-state index in [0.717, 1.165) is 6.07 Å². The maximum Gasteiger partial charge on any atom is 0.338 e. The zero-order chi connectivity index (χ0) is 11.4. The molecular weight excluding hydrogens is 265 g/mol. The van der Waals surface area contributed by atoms with Gasteiger partial charge in [-0.3, -0.25) is 0 Å². The molecule has 0 amide bonds. The predicted molar refractivity (Wildman–Crippen MR) is 58.3 cm³/mol. The summed E-state index contributed by atoms with van der Waals surface area (Å²) in [6.07, 6.45) is 2.53. The van der Waals surface area contributed by atoms with Crippen LogP contribution in [0.25, 0.3) is 0 Å². The van der Waals surface area contributed by atoms with Crippen molar-refractivity contribution in [2.45, 2.75) is 18.9 Å². The van der Waals surface area contributed by atoms with E-state index >= 15 is 0 Å². The van der Waals surface area contributed by atoms with Gasteiger partial charge in [0.15, 0.2) is 0 Å². The normalized spacial score (nSPS) is 14.1. The predicted octanol–water partition coefficient (Wildman–Crippen LogP) is 2.39. The van der Waals surface area contributed by atoms with Crippen LogP contribution in [0.1, 0.15) is 23.2 Å². The Morgan fingerprint density at radius 2 is 2.07 bits per heavy atom. The van der Waals surface area contributed by atoms with Gasteiger partial charge in [0.1, 0.15) is 5.82 Å². The summed E-state index contributed by atoms with van der Waals surface area (Å²) in [5.41, 5.74) is 4.91. The monoisotopic (exact) mass is 275 g/mol. The summed E-state index contributed by atoms with van der Waals surface area (Å²) < 4.78 is 13.2. The molecule has 15 heavy (non-hydrogen) atoms. The van der Waals surface area contributed by atoms with Crippen LogP contribution < -0.4 is 5.73 Å². The number of aromatic carboxylic acids is 1. The van der Waals surface area contributed by atoms with E-state index in [2.05, 4.69) is 15.9 Å². The molecule has 5 heteroatoms. The van der Waals surface area contributed by atoms with Crippen molar-refractivity contribution < 1.29 is 14.3 Å². The van der Waals surface area contributed by atoms with Crippen molar-refractivity contribution in [1.29, 1.82) is 0 Å². The Kier molecular flexibility index (Phi) is 4.23. The maximum absolute atomic E-state index is 12.7. The van der Waals surface area contributed by atoms with Crippen LogP contribution in [0.5, 0.6) is 0 Å². The van der Waals surface area contributed by atoms with Crippen LogP contribution in [0.4, 0.5) is 4.39 Å². The molecule has 1 aliphatic rings. The van der Waals surface area contributed by atoms with Crippen LogP contribution in [-0.4, -0.2) is 17.1 Å². The van der Waals surface area contributed by atoms with Gasteiger partial charge in [0, 0.05) is 10.5 Å². The zero-order valence-electron chi connectivity index (χ0n) is 7.91. The molecule has 3 N–H and O–H groups in total. The van der Waals surface area contributed by atoms with Crippen molar-refractivity contribution in [2.24, 2.45) is 5.73 Å². The van der Waals surface area contributed by atoms with Gasteiger partial charge in [-0.25, -0.2) is 9.18 Å². The molecule has 0 radical (unpaired) electrons. The summed E-state index contributed by atoms with van der Waals surface area (Å²) in [5, 5.41) is 8.40. The number of carbonyl (C=O) groups is 1. The summed E-state index contributed by atoms with van der Waals surface area (Å²) in [6, 6.07) is 4.39. The van der Waals surface area contributed by atoms with E-state index in [1.54, 1.807) is 0 Å². The third kappa shape index (κ3) is 4.40. The topological polar surface area (TPSA) is 63.3 Å². The molecule has 82 valence electrons. The smallest absolute Gasteiger partial charge is 0.338 e. The van der Waals surface area contributed by atoms with Gasteiger partial charge in [-0.05, 0) is 31.0 Å². The SMILES string of the molecule is NC1CC1.O=C(O)c1ccc(Br)cc1F. The first-order chi connectivity index (χ1) is 7.00. The molecule has 0 unspecified atom stereocenters. The highest BCUT2D eigenvalue weighted by atomic mass is 79.9. The minimum Gasteiger partial charge on any atom is -0.478 e. The van der Waals surface area contributed by atoms with E-state index in [9.17, 15) is 9.18 Å². The highest BCUT2D eigenvalue weighted by Crippen LogP contribution is 2.15. The third-order valence-electron chi connectivity index (χ3n) is 1.78. The molecule has 0 bridgehead atoms. The quantitative estimate of drug-likeness (QED) is 0.827. The number of nitrogens with two attached hydrogens (primary N) is 1. The molecule has 1 aliphatic carbocycles. The van der Waals surface area contributed by atoms with Gasteiger partial charge in [-0.2, -0.15) is 0 Å². The molecule has 0 saturated heterocycles. The maximum atomic E-state index is 12.7. The molecule has 0 aliphatic heterocycles. The Hall–Kier alpha value is -0.940. The van der Waals surface area contributed by atoms with E-state index in [-0.39, 0.29) is 5.56 Å². The molecule has 3 nitrogen and oxygen atoms in total. The first-order valence-electron chi connectivity index (χ1n) is 4.44. The third-order valence-corrected chi connectivity index (χ3v) is 2.28. The Morgan fingerprint density at radius 1 is 1.53 bits per heavy atom. The minimum atomic E-state index is -1.25. The van der Waals surface area contributed by atoms with Crippen molar-refractivity contribution in [3.63, 3.8) is 0 Å². The number of halogens is 2. The average molecular weight is 276 g/mol. The Bertz CT molecular complexity index is 366. The van der Waals surface area contributed by atoms with Crippen molar-refractivity contribution in [1.82, 2.24) is 0 Å². The Balaban J connectivity index is 0.000000234. The second-order valence-corrected chi connectivity index (χ2v) is 4.18. The van der Waals surface area contributed by atoms with Gasteiger partial charge >= 0.3 is 5.97 Å². The van der Waals surface area contributed by atoms with Crippen molar-refractivity contribution in [3.05, 3.63) is 34.1 Å². The summed E-state index contributed by atoms with van der Waals surface area (Å²) >= 11 is 3.01. The second kappa shape index (κ2) is 5.23. The molecule has 0 heterocycles. The lowest BCUT2D eigenvalue weighted by Crippen LogP contribution is -1.99. The number of carboxylic acid groups (broad SMARTS) is 1. The summed E-state index contributed by atoms with van der Waals surface area (Å²) in [4.78, 5) is 10.3. The fourth-order valence-electron chi connectivity index (χ4n) is 0.759. The van der Waals surface area contributed by atoms with Crippen LogP contribution in [0, 0.1) is 5.82 Å². The zero-order valence-corrected chi connectivity index (χ0v) is 9.50. The van der Waals surface area contributed by atoms with Gasteiger partial charge in [-0.1, -0.05) is 15.9 Å². The fourth-order valence-corrected chi connectivity index (χ4v) is 1.09. The van der Waals surface area contributed by atoms with Gasteiger partial charge in [0.25, 0.3) is 0 Å². The molecule has 1 saturated carbocycles. The first kappa shape index (κ1) is 12.1. The second-order valence-electron chi connectivity index (χ2n) is 3.27. The molecule has 0 atom stereocenters. The minimum absolute atomic E-state index is 0.312. The van der Waals surface area contributed by atoms with Crippen molar-refractivity contribution in [2.75, 3.05) is 0 Å². The van der Waals surface area contributed by atoms with Crippen LogP contribution in [-0.2, 0) is 0 Å². The lowest BCUT2D eigenvalue weighted by atomic mass is 10.2. The van der Waals surface area contributed by atoms with Crippen LogP contribution in [0.2, 0.25) is 0 Å². The van der Waals surface area contributed by atoms with E-state index in [4.69, 9.17) is 10.8 Å². The first-order valence-corrected chi connectivity index (χ1v) is 5.24. The molecular formula is C10H11BrFNO2. The van der Waals surface area contributed by atoms with E-state index in [0.29, 0.717) is 10.5 Å². The number of benzene rings is 1. The van der Waals surface area contributed by atoms with Crippen molar-refractivity contribution in [3.8, 4) is 0 Å². The van der Waals surface area contributed by atoms with Gasteiger partial charge < -0.3 is 10.8 Å². The summed E-state index contributed by atoms with van der Waals surface area (Å²) in [7, 11) is 0. The molecule has 1 aromatic carbocycles. The van der Waals surface area contributed by atoms with Crippen LogP contribution in [0.3, 0.4) is 0 Å². The Labute approximate surface area is 95.2 Å². The van der Waals surface area contributed by atoms with Crippen LogP contribution in [0.15, 0.2) is 22.7 Å².